The maximum absolute atomic E-state index is 11.5. The molecule has 0 radical (unpaired) electrons. The second kappa shape index (κ2) is 9.61. The minimum absolute atomic E-state index is 0. The number of rotatable bonds is 7. The number of hydrogen-bond acceptors (Lipinski definition) is 3. The minimum Gasteiger partial charge on any atom is -0.484 e. The average Bonchev–Trinajstić information content (AvgIpc) is 2.42. The van der Waals surface area contributed by atoms with E-state index in [1.165, 1.54) is 5.56 Å². The highest BCUT2D eigenvalue weighted by Crippen LogP contribution is 2.18. The SMILES string of the molecule is CNC(C)CNC(=O)COc1ccc(C(C)C)cc1.Cl. The van der Waals surface area contributed by atoms with Crippen molar-refractivity contribution in [2.24, 2.45) is 0 Å². The molecule has 0 bridgehead atoms. The number of halogens is 1. The topological polar surface area (TPSA) is 50.4 Å². The highest BCUT2D eigenvalue weighted by Gasteiger charge is 2.05. The molecule has 1 amide bonds. The molecule has 0 aliphatic heterocycles. The predicted molar refractivity (Wildman–Crippen MR) is 84.8 cm³/mol. The van der Waals surface area contributed by atoms with Gasteiger partial charge in [-0.2, -0.15) is 0 Å². The van der Waals surface area contributed by atoms with Crippen LogP contribution in [0.25, 0.3) is 0 Å². The van der Waals surface area contributed by atoms with Crippen molar-refractivity contribution in [2.75, 3.05) is 20.2 Å². The van der Waals surface area contributed by atoms with Crippen LogP contribution in [0.2, 0.25) is 0 Å². The molecular weight excluding hydrogens is 276 g/mol. The molecule has 1 atom stereocenters. The zero-order chi connectivity index (χ0) is 14.3. The summed E-state index contributed by atoms with van der Waals surface area (Å²) in [7, 11) is 1.86. The van der Waals surface area contributed by atoms with Crippen LogP contribution in [0.5, 0.6) is 5.75 Å². The Bertz CT molecular complexity index is 393. The Labute approximate surface area is 127 Å². The number of carbonyl (C=O) groups excluding carboxylic acids is 1. The number of hydrogen-bond donors (Lipinski definition) is 2. The van der Waals surface area contributed by atoms with Gasteiger partial charge in [-0.05, 0) is 37.6 Å². The van der Waals surface area contributed by atoms with Crippen molar-refractivity contribution >= 4 is 18.3 Å². The van der Waals surface area contributed by atoms with E-state index in [9.17, 15) is 4.79 Å². The van der Waals surface area contributed by atoms with Gasteiger partial charge in [-0.25, -0.2) is 0 Å². The quantitative estimate of drug-likeness (QED) is 0.812. The van der Waals surface area contributed by atoms with Crippen molar-refractivity contribution in [1.29, 1.82) is 0 Å². The highest BCUT2D eigenvalue weighted by atomic mass is 35.5. The Morgan fingerprint density at radius 1 is 1.20 bits per heavy atom. The first-order valence-corrected chi connectivity index (χ1v) is 6.69. The molecule has 0 aliphatic carbocycles. The first-order chi connectivity index (χ1) is 9.02. The zero-order valence-electron chi connectivity index (χ0n) is 12.6. The summed E-state index contributed by atoms with van der Waals surface area (Å²) >= 11 is 0. The van der Waals surface area contributed by atoms with E-state index in [1.807, 2.05) is 38.2 Å². The van der Waals surface area contributed by atoms with Gasteiger partial charge in [0.2, 0.25) is 0 Å². The Kier molecular flexibility index (Phi) is 9.01. The van der Waals surface area contributed by atoms with Crippen LogP contribution >= 0.6 is 12.4 Å². The van der Waals surface area contributed by atoms with E-state index in [2.05, 4.69) is 24.5 Å². The fourth-order valence-corrected chi connectivity index (χ4v) is 1.52. The summed E-state index contributed by atoms with van der Waals surface area (Å²) in [6, 6.07) is 8.12. The molecule has 0 saturated carbocycles. The lowest BCUT2D eigenvalue weighted by molar-refractivity contribution is -0.123. The molecule has 1 aromatic carbocycles. The summed E-state index contributed by atoms with van der Waals surface area (Å²) in [5.74, 6) is 1.12. The molecule has 114 valence electrons. The molecule has 1 rings (SSSR count). The van der Waals surface area contributed by atoms with E-state index in [-0.39, 0.29) is 31.0 Å². The van der Waals surface area contributed by atoms with E-state index in [4.69, 9.17) is 4.74 Å². The molecule has 0 aromatic heterocycles. The number of ether oxygens (including phenoxy) is 1. The number of amides is 1. The van der Waals surface area contributed by atoms with Crippen LogP contribution in [-0.2, 0) is 4.79 Å². The first-order valence-electron chi connectivity index (χ1n) is 6.69. The molecular formula is C15H25ClN2O2. The summed E-state index contributed by atoms with van der Waals surface area (Å²) in [6.45, 7) is 6.95. The van der Waals surface area contributed by atoms with E-state index in [0.717, 1.165) is 5.75 Å². The number of likely N-dealkylation sites (N-methyl/N-ethyl adjacent to an activating group) is 1. The Hall–Kier alpha value is -1.26. The van der Waals surface area contributed by atoms with Crippen LogP contribution in [0.15, 0.2) is 24.3 Å². The maximum atomic E-state index is 11.5. The molecule has 0 aliphatic rings. The van der Waals surface area contributed by atoms with Crippen molar-refractivity contribution in [3.8, 4) is 5.75 Å². The lowest BCUT2D eigenvalue weighted by atomic mass is 10.0. The van der Waals surface area contributed by atoms with Crippen LogP contribution < -0.4 is 15.4 Å². The van der Waals surface area contributed by atoms with Gasteiger partial charge in [0.1, 0.15) is 5.75 Å². The van der Waals surface area contributed by atoms with Gasteiger partial charge >= 0.3 is 0 Å². The molecule has 5 heteroatoms. The fourth-order valence-electron chi connectivity index (χ4n) is 1.52. The average molecular weight is 301 g/mol. The largest absolute Gasteiger partial charge is 0.484 e. The van der Waals surface area contributed by atoms with Crippen molar-refractivity contribution in [3.63, 3.8) is 0 Å². The second-order valence-corrected chi connectivity index (χ2v) is 5.01. The van der Waals surface area contributed by atoms with Crippen LogP contribution in [0.4, 0.5) is 0 Å². The van der Waals surface area contributed by atoms with Gasteiger partial charge in [0.05, 0.1) is 0 Å². The smallest absolute Gasteiger partial charge is 0.257 e. The Morgan fingerprint density at radius 3 is 2.30 bits per heavy atom. The van der Waals surface area contributed by atoms with E-state index in [0.29, 0.717) is 12.5 Å². The standard InChI is InChI=1S/C15H24N2O2.ClH/c1-11(2)13-5-7-14(8-6-13)19-10-15(18)17-9-12(3)16-4;/h5-8,11-12,16H,9-10H2,1-4H3,(H,17,18);1H. The molecule has 0 fully saturated rings. The molecule has 1 aromatic rings. The van der Waals surface area contributed by atoms with Gasteiger partial charge in [0.15, 0.2) is 6.61 Å². The van der Waals surface area contributed by atoms with E-state index in [1.54, 1.807) is 0 Å². The van der Waals surface area contributed by atoms with Crippen molar-refractivity contribution in [2.45, 2.75) is 32.7 Å². The number of nitrogens with one attached hydrogen (secondary N) is 2. The molecule has 0 heterocycles. The lowest BCUT2D eigenvalue weighted by Gasteiger charge is -2.12. The van der Waals surface area contributed by atoms with Gasteiger partial charge in [-0.15, -0.1) is 12.4 Å². The van der Waals surface area contributed by atoms with Crippen LogP contribution in [-0.4, -0.2) is 32.1 Å². The van der Waals surface area contributed by atoms with Crippen molar-refractivity contribution in [3.05, 3.63) is 29.8 Å². The third-order valence-corrected chi connectivity index (χ3v) is 3.01. The third kappa shape index (κ3) is 6.78. The van der Waals surface area contributed by atoms with Crippen LogP contribution in [0.1, 0.15) is 32.3 Å². The third-order valence-electron chi connectivity index (χ3n) is 3.01. The molecule has 0 spiro atoms. The van der Waals surface area contributed by atoms with Crippen molar-refractivity contribution < 1.29 is 9.53 Å². The van der Waals surface area contributed by atoms with Gasteiger partial charge in [-0.1, -0.05) is 26.0 Å². The normalized spacial score (nSPS) is 11.7. The monoisotopic (exact) mass is 300 g/mol. The predicted octanol–water partition coefficient (Wildman–Crippen LogP) is 2.33. The minimum atomic E-state index is -0.102. The summed E-state index contributed by atoms with van der Waals surface area (Å²) in [6.07, 6.45) is 0. The van der Waals surface area contributed by atoms with E-state index < -0.39 is 0 Å². The lowest BCUT2D eigenvalue weighted by Crippen LogP contribution is -2.39. The van der Waals surface area contributed by atoms with Gasteiger partial charge < -0.3 is 15.4 Å². The molecule has 1 unspecified atom stereocenters. The van der Waals surface area contributed by atoms with Gasteiger partial charge in [0.25, 0.3) is 5.91 Å². The van der Waals surface area contributed by atoms with Gasteiger partial charge in [-0.3, -0.25) is 4.79 Å². The highest BCUT2D eigenvalue weighted by molar-refractivity contribution is 5.85. The molecule has 20 heavy (non-hydrogen) atoms. The molecule has 2 N–H and O–H groups in total. The van der Waals surface area contributed by atoms with Crippen LogP contribution in [0.3, 0.4) is 0 Å². The summed E-state index contributed by atoms with van der Waals surface area (Å²) in [5.41, 5.74) is 1.26. The van der Waals surface area contributed by atoms with E-state index >= 15 is 0 Å². The zero-order valence-corrected chi connectivity index (χ0v) is 13.4. The Balaban J connectivity index is 0.00000361. The second-order valence-electron chi connectivity index (χ2n) is 5.01. The fraction of sp³-hybridized carbons (Fsp3) is 0.533. The maximum Gasteiger partial charge on any atom is 0.257 e. The summed E-state index contributed by atoms with van der Waals surface area (Å²) in [5, 5.41) is 5.86. The number of benzene rings is 1. The van der Waals surface area contributed by atoms with Crippen molar-refractivity contribution in [1.82, 2.24) is 10.6 Å². The summed E-state index contributed by atoms with van der Waals surface area (Å²) in [4.78, 5) is 11.5. The Morgan fingerprint density at radius 2 is 1.80 bits per heavy atom. The first kappa shape index (κ1) is 18.7. The van der Waals surface area contributed by atoms with Crippen LogP contribution in [0, 0.1) is 0 Å². The van der Waals surface area contributed by atoms with Gasteiger partial charge in [0, 0.05) is 12.6 Å². The number of carbonyl (C=O) groups is 1. The molecule has 0 saturated heterocycles. The molecule has 4 nitrogen and oxygen atoms in total. The summed E-state index contributed by atoms with van der Waals surface area (Å²) < 4.78 is 5.44.